The number of aromatic nitrogens is 1. The summed E-state index contributed by atoms with van der Waals surface area (Å²) in [6.45, 7) is 1.68. The highest BCUT2D eigenvalue weighted by atomic mass is 19.1. The van der Waals surface area contributed by atoms with Crippen molar-refractivity contribution >= 4 is 0 Å². The van der Waals surface area contributed by atoms with Gasteiger partial charge in [0, 0.05) is 18.7 Å². The molecular weight excluding hydrogens is 245 g/mol. The number of hydrogen-bond donors (Lipinski definition) is 1. The number of aliphatic hydroxyl groups is 1. The molecule has 0 radical (unpaired) electrons. The van der Waals surface area contributed by atoms with Gasteiger partial charge in [-0.2, -0.15) is 0 Å². The number of benzene rings is 1. The number of aryl methyl sites for hydroxylation is 1. The zero-order valence-corrected chi connectivity index (χ0v) is 10.9. The van der Waals surface area contributed by atoms with Gasteiger partial charge in [-0.1, -0.05) is 18.2 Å². The number of aliphatic hydroxyl groups excluding tert-OH is 1. The number of rotatable bonds is 4. The molecule has 0 aliphatic rings. The van der Waals surface area contributed by atoms with Gasteiger partial charge in [0.1, 0.15) is 5.82 Å². The van der Waals surface area contributed by atoms with Gasteiger partial charge in [-0.05, 0) is 29.7 Å². The first kappa shape index (κ1) is 13.5. The molecule has 0 fully saturated rings. The van der Waals surface area contributed by atoms with Crippen LogP contribution in [0.2, 0.25) is 0 Å². The van der Waals surface area contributed by atoms with E-state index < -0.39 is 6.10 Å². The number of halogens is 1. The third-order valence-corrected chi connectivity index (χ3v) is 3.00. The van der Waals surface area contributed by atoms with Crippen molar-refractivity contribution in [1.29, 1.82) is 0 Å². The van der Waals surface area contributed by atoms with E-state index in [1.165, 1.54) is 6.07 Å². The van der Waals surface area contributed by atoms with Crippen LogP contribution in [-0.2, 0) is 6.42 Å². The molecule has 1 aromatic heterocycles. The Kier molecular flexibility index (Phi) is 4.12. The summed E-state index contributed by atoms with van der Waals surface area (Å²) in [6.07, 6.45) is 1.43. The molecule has 0 aliphatic carbocycles. The van der Waals surface area contributed by atoms with Crippen LogP contribution in [0.3, 0.4) is 0 Å². The van der Waals surface area contributed by atoms with Crippen LogP contribution >= 0.6 is 0 Å². The predicted octanol–water partition coefficient (Wildman–Crippen LogP) is 2.81. The van der Waals surface area contributed by atoms with E-state index in [4.69, 9.17) is 4.74 Å². The molecule has 0 amide bonds. The molecule has 19 heavy (non-hydrogen) atoms. The molecule has 1 aromatic carbocycles. The minimum absolute atomic E-state index is 0.262. The monoisotopic (exact) mass is 261 g/mol. The third-order valence-electron chi connectivity index (χ3n) is 3.00. The maximum Gasteiger partial charge on any atom is 0.212 e. The first-order valence-corrected chi connectivity index (χ1v) is 6.03. The molecule has 1 atom stereocenters. The number of pyridine rings is 1. The van der Waals surface area contributed by atoms with Crippen molar-refractivity contribution in [2.45, 2.75) is 19.4 Å². The summed E-state index contributed by atoms with van der Waals surface area (Å²) < 4.78 is 18.1. The highest BCUT2D eigenvalue weighted by Crippen LogP contribution is 2.21. The fourth-order valence-electron chi connectivity index (χ4n) is 1.87. The Bertz CT molecular complexity index is 555. The zero-order valence-electron chi connectivity index (χ0n) is 10.9. The summed E-state index contributed by atoms with van der Waals surface area (Å²) in [5.41, 5.74) is 2.13. The quantitative estimate of drug-likeness (QED) is 0.920. The molecule has 4 heteroatoms. The molecule has 0 spiro atoms. The van der Waals surface area contributed by atoms with Crippen molar-refractivity contribution < 1.29 is 14.2 Å². The second-order valence-electron chi connectivity index (χ2n) is 4.44. The number of hydrogen-bond acceptors (Lipinski definition) is 3. The fraction of sp³-hybridized carbons (Fsp3) is 0.267. The molecule has 100 valence electrons. The molecule has 0 bridgehead atoms. The van der Waals surface area contributed by atoms with Crippen LogP contribution in [0, 0.1) is 12.7 Å². The zero-order chi connectivity index (χ0) is 13.8. The molecule has 2 rings (SSSR count). The summed E-state index contributed by atoms with van der Waals surface area (Å²) in [7, 11) is 1.55. The maximum absolute atomic E-state index is 13.2. The Labute approximate surface area is 111 Å². The van der Waals surface area contributed by atoms with Gasteiger partial charge in [-0.25, -0.2) is 9.37 Å². The van der Waals surface area contributed by atoms with Crippen LogP contribution in [0.4, 0.5) is 4.39 Å². The summed E-state index contributed by atoms with van der Waals surface area (Å²) in [5.74, 6) is 0.276. The topological polar surface area (TPSA) is 42.4 Å². The van der Waals surface area contributed by atoms with E-state index in [0.717, 1.165) is 5.56 Å². The average Bonchev–Trinajstić information content (AvgIpc) is 2.42. The first-order chi connectivity index (χ1) is 9.10. The number of ether oxygens (including phenoxy) is 1. The smallest absolute Gasteiger partial charge is 0.212 e. The van der Waals surface area contributed by atoms with Crippen LogP contribution in [0.15, 0.2) is 36.5 Å². The van der Waals surface area contributed by atoms with E-state index in [9.17, 15) is 9.50 Å². The van der Waals surface area contributed by atoms with Crippen LogP contribution in [0.25, 0.3) is 0 Å². The van der Waals surface area contributed by atoms with E-state index in [0.29, 0.717) is 23.4 Å². The Balaban J connectivity index is 2.10. The van der Waals surface area contributed by atoms with Crippen molar-refractivity contribution in [1.82, 2.24) is 4.98 Å². The van der Waals surface area contributed by atoms with Gasteiger partial charge in [0.25, 0.3) is 0 Å². The summed E-state index contributed by atoms with van der Waals surface area (Å²) >= 11 is 0. The fourth-order valence-corrected chi connectivity index (χ4v) is 1.87. The van der Waals surface area contributed by atoms with Crippen LogP contribution in [0.5, 0.6) is 5.88 Å². The lowest BCUT2D eigenvalue weighted by atomic mass is 10.0. The van der Waals surface area contributed by atoms with Crippen molar-refractivity contribution in [3.8, 4) is 5.88 Å². The Morgan fingerprint density at radius 2 is 2.11 bits per heavy atom. The largest absolute Gasteiger partial charge is 0.481 e. The van der Waals surface area contributed by atoms with Crippen molar-refractivity contribution in [2.75, 3.05) is 7.11 Å². The Hall–Kier alpha value is -1.94. The SMILES string of the molecule is COc1ccc(CC(O)c2ccc(F)c(C)c2)cn1. The molecule has 0 saturated heterocycles. The lowest BCUT2D eigenvalue weighted by molar-refractivity contribution is 0.178. The lowest BCUT2D eigenvalue weighted by Gasteiger charge is -2.12. The van der Waals surface area contributed by atoms with E-state index in [2.05, 4.69) is 4.98 Å². The normalized spacial score (nSPS) is 12.2. The molecule has 2 aromatic rings. The van der Waals surface area contributed by atoms with Crippen molar-refractivity contribution in [2.24, 2.45) is 0 Å². The summed E-state index contributed by atoms with van der Waals surface area (Å²) in [5, 5.41) is 10.1. The lowest BCUT2D eigenvalue weighted by Crippen LogP contribution is -2.03. The van der Waals surface area contributed by atoms with Crippen molar-refractivity contribution in [3.05, 3.63) is 59.0 Å². The van der Waals surface area contributed by atoms with Crippen LogP contribution in [0.1, 0.15) is 22.8 Å². The van der Waals surface area contributed by atoms with Gasteiger partial charge < -0.3 is 9.84 Å². The molecule has 0 aliphatic heterocycles. The van der Waals surface area contributed by atoms with E-state index >= 15 is 0 Å². The number of nitrogens with zero attached hydrogens (tertiary/aromatic N) is 1. The second-order valence-corrected chi connectivity index (χ2v) is 4.44. The maximum atomic E-state index is 13.2. The highest BCUT2D eigenvalue weighted by Gasteiger charge is 2.10. The van der Waals surface area contributed by atoms with Gasteiger partial charge in [0.15, 0.2) is 0 Å². The predicted molar refractivity (Wildman–Crippen MR) is 70.6 cm³/mol. The van der Waals surface area contributed by atoms with E-state index in [1.807, 2.05) is 6.07 Å². The van der Waals surface area contributed by atoms with Gasteiger partial charge >= 0.3 is 0 Å². The number of methoxy groups -OCH3 is 1. The molecule has 1 heterocycles. The van der Waals surface area contributed by atoms with Crippen molar-refractivity contribution in [3.63, 3.8) is 0 Å². The molecular formula is C15H16FNO2. The van der Waals surface area contributed by atoms with Crippen LogP contribution in [-0.4, -0.2) is 17.2 Å². The molecule has 1 unspecified atom stereocenters. The Morgan fingerprint density at radius 1 is 1.32 bits per heavy atom. The molecule has 1 N–H and O–H groups in total. The standard InChI is InChI=1S/C15H16FNO2/c1-10-7-12(4-5-13(10)16)14(18)8-11-3-6-15(19-2)17-9-11/h3-7,9,14,18H,8H2,1-2H3. The van der Waals surface area contributed by atoms with Gasteiger partial charge in [0.2, 0.25) is 5.88 Å². The third kappa shape index (κ3) is 3.29. The second kappa shape index (κ2) is 5.80. The van der Waals surface area contributed by atoms with Crippen LogP contribution < -0.4 is 4.74 Å². The average molecular weight is 261 g/mol. The van der Waals surface area contributed by atoms with Gasteiger partial charge in [0.05, 0.1) is 13.2 Å². The van der Waals surface area contributed by atoms with E-state index in [1.54, 1.807) is 38.4 Å². The first-order valence-electron chi connectivity index (χ1n) is 6.03. The summed E-state index contributed by atoms with van der Waals surface area (Å²) in [4.78, 5) is 4.08. The minimum Gasteiger partial charge on any atom is -0.481 e. The van der Waals surface area contributed by atoms with Gasteiger partial charge in [-0.15, -0.1) is 0 Å². The van der Waals surface area contributed by atoms with Gasteiger partial charge in [-0.3, -0.25) is 0 Å². The molecule has 0 saturated carbocycles. The summed E-state index contributed by atoms with van der Waals surface area (Å²) in [6, 6.07) is 8.24. The van der Waals surface area contributed by atoms with E-state index in [-0.39, 0.29) is 5.82 Å². The molecule has 3 nitrogen and oxygen atoms in total. The minimum atomic E-state index is -0.672. The highest BCUT2D eigenvalue weighted by molar-refractivity contribution is 5.27. The Morgan fingerprint density at radius 3 is 2.68 bits per heavy atom.